The van der Waals surface area contributed by atoms with Crippen molar-refractivity contribution in [1.29, 1.82) is 0 Å². The van der Waals surface area contributed by atoms with Gasteiger partial charge in [-0.2, -0.15) is 13.5 Å². The van der Waals surface area contributed by atoms with E-state index in [2.05, 4.69) is 21.5 Å². The van der Waals surface area contributed by atoms with Crippen LogP contribution >= 0.6 is 0 Å². The highest BCUT2D eigenvalue weighted by molar-refractivity contribution is 7.85. The van der Waals surface area contributed by atoms with Gasteiger partial charge in [0.2, 0.25) is 0 Å². The van der Waals surface area contributed by atoms with E-state index in [-0.39, 0.29) is 5.75 Å². The highest BCUT2D eigenvalue weighted by Gasteiger charge is 2.06. The molecule has 0 atom stereocenters. The number of allylic oxidation sites excluding steroid dienone is 2. The molecular formula is C16H21N3O3S. The molecular weight excluding hydrogens is 314 g/mol. The third-order valence-corrected chi connectivity index (χ3v) is 4.12. The molecule has 7 heteroatoms. The zero-order valence-electron chi connectivity index (χ0n) is 12.8. The van der Waals surface area contributed by atoms with Gasteiger partial charge in [0.25, 0.3) is 10.1 Å². The van der Waals surface area contributed by atoms with E-state index in [0.29, 0.717) is 6.42 Å². The number of nitrogens with one attached hydrogen (secondary N) is 1. The Kier molecular flexibility index (Phi) is 6.37. The molecule has 0 saturated heterocycles. The Labute approximate surface area is 136 Å². The first-order valence-corrected chi connectivity index (χ1v) is 9.05. The molecule has 0 amide bonds. The van der Waals surface area contributed by atoms with Gasteiger partial charge in [-0.25, -0.2) is 0 Å². The van der Waals surface area contributed by atoms with Crippen molar-refractivity contribution in [2.45, 2.75) is 12.8 Å². The quantitative estimate of drug-likeness (QED) is 0.330. The maximum absolute atomic E-state index is 10.6. The van der Waals surface area contributed by atoms with E-state index in [0.717, 1.165) is 30.8 Å². The number of hydrogen-bond donors (Lipinski definition) is 2. The van der Waals surface area contributed by atoms with Crippen molar-refractivity contribution in [3.05, 3.63) is 54.3 Å². The fourth-order valence-corrected chi connectivity index (χ4v) is 2.67. The van der Waals surface area contributed by atoms with Gasteiger partial charge in [-0.15, -0.1) is 0 Å². The number of benzene rings is 1. The van der Waals surface area contributed by atoms with Crippen LogP contribution in [0.1, 0.15) is 12.8 Å². The van der Waals surface area contributed by atoms with Crippen molar-refractivity contribution in [2.24, 2.45) is 5.10 Å². The predicted molar refractivity (Wildman–Crippen MR) is 93.0 cm³/mol. The zero-order chi connectivity index (χ0) is 16.5. The third-order valence-electron chi connectivity index (χ3n) is 3.32. The second-order valence-electron chi connectivity index (χ2n) is 5.24. The van der Waals surface area contributed by atoms with E-state index in [4.69, 9.17) is 4.55 Å². The number of unbranched alkanes of at least 4 members (excludes halogenated alkanes) is 1. The third kappa shape index (κ3) is 7.12. The standard InChI is InChI=1S/C16H21N3O3S/c20-23(21,22)13-5-4-10-19-11-8-15(9-12-19)14-17-18-16-6-2-1-3-7-16/h1-3,6-9,11,14,18H,4-5,10,12-13H2,(H,20,21,22). The van der Waals surface area contributed by atoms with Crippen LogP contribution in [0.15, 0.2) is 59.4 Å². The Bertz CT molecular complexity index is 682. The van der Waals surface area contributed by atoms with Gasteiger partial charge in [-0.3, -0.25) is 9.98 Å². The van der Waals surface area contributed by atoms with E-state index in [9.17, 15) is 8.42 Å². The van der Waals surface area contributed by atoms with Gasteiger partial charge in [-0.1, -0.05) is 24.3 Å². The first kappa shape index (κ1) is 17.2. The first-order chi connectivity index (χ1) is 11.0. The van der Waals surface area contributed by atoms with E-state index in [1.54, 1.807) is 6.21 Å². The minimum Gasteiger partial charge on any atom is -0.374 e. The molecule has 2 rings (SSSR count). The summed E-state index contributed by atoms with van der Waals surface area (Å²) < 4.78 is 29.9. The summed E-state index contributed by atoms with van der Waals surface area (Å²) in [6, 6.07) is 9.72. The second-order valence-corrected chi connectivity index (χ2v) is 6.82. The topological polar surface area (TPSA) is 82.0 Å². The summed E-state index contributed by atoms with van der Waals surface area (Å²) in [6.45, 7) is 1.52. The monoisotopic (exact) mass is 335 g/mol. The summed E-state index contributed by atoms with van der Waals surface area (Å²) in [4.78, 5) is 2.09. The van der Waals surface area contributed by atoms with Crippen LogP contribution < -0.4 is 5.43 Å². The van der Waals surface area contributed by atoms with Crippen molar-refractivity contribution in [3.8, 4) is 0 Å². The Morgan fingerprint density at radius 1 is 1.26 bits per heavy atom. The van der Waals surface area contributed by atoms with Crippen molar-refractivity contribution in [3.63, 3.8) is 0 Å². The van der Waals surface area contributed by atoms with Crippen molar-refractivity contribution in [1.82, 2.24) is 4.90 Å². The highest BCUT2D eigenvalue weighted by Crippen LogP contribution is 2.08. The summed E-state index contributed by atoms with van der Waals surface area (Å²) in [5.41, 5.74) is 4.91. The van der Waals surface area contributed by atoms with E-state index >= 15 is 0 Å². The smallest absolute Gasteiger partial charge is 0.264 e. The Morgan fingerprint density at radius 2 is 2.04 bits per heavy atom. The van der Waals surface area contributed by atoms with Gasteiger partial charge < -0.3 is 4.90 Å². The Morgan fingerprint density at radius 3 is 2.70 bits per heavy atom. The van der Waals surface area contributed by atoms with Crippen LogP contribution in [0, 0.1) is 0 Å². The van der Waals surface area contributed by atoms with E-state index in [1.807, 2.05) is 42.6 Å². The molecule has 0 bridgehead atoms. The molecule has 0 unspecified atom stereocenters. The average molecular weight is 335 g/mol. The molecule has 0 radical (unpaired) electrons. The molecule has 1 aliphatic heterocycles. The fraction of sp³-hybridized carbons (Fsp3) is 0.312. The van der Waals surface area contributed by atoms with Gasteiger partial charge in [0, 0.05) is 13.1 Å². The summed E-state index contributed by atoms with van der Waals surface area (Å²) in [5, 5.41) is 4.19. The molecule has 23 heavy (non-hydrogen) atoms. The zero-order valence-corrected chi connectivity index (χ0v) is 13.6. The summed E-state index contributed by atoms with van der Waals surface area (Å²) in [5.74, 6) is -0.177. The SMILES string of the molecule is O=S(=O)(O)CCCCN1C=CC(C=NNc2ccccc2)=CC1. The van der Waals surface area contributed by atoms with Crippen LogP contribution in [0.2, 0.25) is 0 Å². The largest absolute Gasteiger partial charge is 0.374 e. The number of hydrogen-bond acceptors (Lipinski definition) is 5. The number of anilines is 1. The normalized spacial score (nSPS) is 15.0. The van der Waals surface area contributed by atoms with Crippen LogP contribution in [0.4, 0.5) is 5.69 Å². The molecule has 1 aliphatic rings. The molecule has 1 aromatic rings. The van der Waals surface area contributed by atoms with Gasteiger partial charge >= 0.3 is 0 Å². The maximum Gasteiger partial charge on any atom is 0.264 e. The van der Waals surface area contributed by atoms with Crippen LogP contribution in [0.25, 0.3) is 0 Å². The lowest BCUT2D eigenvalue weighted by atomic mass is 10.2. The lowest BCUT2D eigenvalue weighted by molar-refractivity contribution is 0.398. The minimum absolute atomic E-state index is 0.177. The number of para-hydroxylation sites is 1. The average Bonchev–Trinajstić information content (AvgIpc) is 2.53. The number of nitrogens with zero attached hydrogens (tertiary/aromatic N) is 2. The molecule has 6 nitrogen and oxygen atoms in total. The fourth-order valence-electron chi connectivity index (χ4n) is 2.10. The van der Waals surface area contributed by atoms with Crippen LogP contribution in [0.3, 0.4) is 0 Å². The lowest BCUT2D eigenvalue weighted by Crippen LogP contribution is -2.22. The first-order valence-electron chi connectivity index (χ1n) is 7.45. The highest BCUT2D eigenvalue weighted by atomic mass is 32.2. The number of rotatable bonds is 8. The molecule has 124 valence electrons. The molecule has 0 spiro atoms. The molecule has 0 aromatic heterocycles. The van der Waals surface area contributed by atoms with Gasteiger partial charge in [0.05, 0.1) is 17.7 Å². The summed E-state index contributed by atoms with van der Waals surface area (Å²) >= 11 is 0. The minimum atomic E-state index is -3.84. The summed E-state index contributed by atoms with van der Waals surface area (Å²) in [7, 11) is -3.84. The van der Waals surface area contributed by atoms with E-state index in [1.165, 1.54) is 0 Å². The molecule has 0 aliphatic carbocycles. The summed E-state index contributed by atoms with van der Waals surface area (Å²) in [6.07, 6.45) is 8.93. The van der Waals surface area contributed by atoms with Gasteiger partial charge in [0.15, 0.2) is 0 Å². The lowest BCUT2D eigenvalue weighted by Gasteiger charge is -2.21. The van der Waals surface area contributed by atoms with Crippen molar-refractivity contribution in [2.75, 3.05) is 24.3 Å². The van der Waals surface area contributed by atoms with Crippen LogP contribution in [0.5, 0.6) is 0 Å². The maximum atomic E-state index is 10.6. The Hall–Kier alpha value is -2.12. The van der Waals surface area contributed by atoms with Crippen molar-refractivity contribution >= 4 is 22.0 Å². The molecule has 2 N–H and O–H groups in total. The molecule has 0 fully saturated rings. The van der Waals surface area contributed by atoms with Crippen molar-refractivity contribution < 1.29 is 13.0 Å². The van der Waals surface area contributed by atoms with Crippen LogP contribution in [-0.2, 0) is 10.1 Å². The van der Waals surface area contributed by atoms with Gasteiger partial charge in [0.1, 0.15) is 0 Å². The van der Waals surface area contributed by atoms with E-state index < -0.39 is 10.1 Å². The molecule has 1 heterocycles. The molecule has 0 saturated carbocycles. The Balaban J connectivity index is 1.69. The second kappa shape index (κ2) is 8.50. The van der Waals surface area contributed by atoms with Gasteiger partial charge in [-0.05, 0) is 42.8 Å². The molecule has 1 aromatic carbocycles. The number of hydrazone groups is 1. The van der Waals surface area contributed by atoms with Crippen LogP contribution in [-0.4, -0.2) is 42.9 Å². The predicted octanol–water partition coefficient (Wildman–Crippen LogP) is 2.51.